The fourth-order valence-corrected chi connectivity index (χ4v) is 2.79. The molecule has 0 saturated heterocycles. The number of rotatable bonds is 5. The Morgan fingerprint density at radius 3 is 2.58 bits per heavy atom. The molecule has 1 aliphatic heterocycles. The van der Waals surface area contributed by atoms with Crippen LogP contribution >= 0.6 is 0 Å². The third-order valence-corrected chi connectivity index (χ3v) is 4.34. The third kappa shape index (κ3) is 5.05. The van der Waals surface area contributed by atoms with Crippen LogP contribution in [0.15, 0.2) is 77.9 Å². The standard InChI is InChI=1S/C23H17FN2O5/c24-17-5-3-4-16(12-17)23(28)30-18-10-8-15(9-11-18)13-25-26-22(27)21-14-29-19-6-1-2-7-20(19)31-21/h1-13,21H,14H2,(H,26,27)/b25-13-/t21-/m0/s1. The third-order valence-electron chi connectivity index (χ3n) is 4.34. The molecule has 1 amide bonds. The lowest BCUT2D eigenvalue weighted by Crippen LogP contribution is -2.42. The fraction of sp³-hybridized carbons (Fsp3) is 0.0870. The van der Waals surface area contributed by atoms with E-state index in [1.165, 1.54) is 24.4 Å². The Labute approximate surface area is 177 Å². The van der Waals surface area contributed by atoms with E-state index in [0.29, 0.717) is 22.8 Å². The molecule has 0 bridgehead atoms. The number of nitrogens with one attached hydrogen (secondary N) is 1. The molecule has 0 spiro atoms. The average Bonchev–Trinajstić information content (AvgIpc) is 2.80. The number of esters is 1. The second-order valence-electron chi connectivity index (χ2n) is 6.57. The number of hydrazone groups is 1. The number of ether oxygens (including phenoxy) is 3. The predicted molar refractivity (Wildman–Crippen MR) is 110 cm³/mol. The highest BCUT2D eigenvalue weighted by molar-refractivity contribution is 5.91. The zero-order chi connectivity index (χ0) is 21.6. The summed E-state index contributed by atoms with van der Waals surface area (Å²) in [6.45, 7) is 0.0870. The van der Waals surface area contributed by atoms with Crippen LogP contribution in [0.1, 0.15) is 15.9 Å². The number of carbonyl (C=O) groups excluding carboxylic acids is 2. The van der Waals surface area contributed by atoms with Gasteiger partial charge in [-0.3, -0.25) is 4.79 Å². The number of para-hydroxylation sites is 2. The molecule has 0 aromatic heterocycles. The largest absolute Gasteiger partial charge is 0.485 e. The Hall–Kier alpha value is -4.20. The van der Waals surface area contributed by atoms with Crippen molar-refractivity contribution in [1.82, 2.24) is 5.43 Å². The van der Waals surface area contributed by atoms with Crippen molar-refractivity contribution >= 4 is 18.1 Å². The average molecular weight is 420 g/mol. The number of carbonyl (C=O) groups is 2. The van der Waals surface area contributed by atoms with Gasteiger partial charge in [-0.1, -0.05) is 18.2 Å². The highest BCUT2D eigenvalue weighted by Crippen LogP contribution is 2.30. The molecule has 0 aliphatic carbocycles. The Kier molecular flexibility index (Phi) is 5.89. The van der Waals surface area contributed by atoms with Crippen LogP contribution in [0.4, 0.5) is 4.39 Å². The van der Waals surface area contributed by atoms with Gasteiger partial charge in [0.05, 0.1) is 11.8 Å². The Morgan fingerprint density at radius 1 is 1.03 bits per heavy atom. The van der Waals surface area contributed by atoms with Gasteiger partial charge in [0, 0.05) is 0 Å². The summed E-state index contributed by atoms with van der Waals surface area (Å²) in [4.78, 5) is 24.3. The molecule has 1 heterocycles. The lowest BCUT2D eigenvalue weighted by Gasteiger charge is -2.24. The number of hydrogen-bond acceptors (Lipinski definition) is 6. The normalized spacial score (nSPS) is 14.8. The van der Waals surface area contributed by atoms with E-state index < -0.39 is 23.8 Å². The molecule has 1 N–H and O–H groups in total. The first-order valence-electron chi connectivity index (χ1n) is 9.38. The monoisotopic (exact) mass is 420 g/mol. The first-order valence-corrected chi connectivity index (χ1v) is 9.38. The van der Waals surface area contributed by atoms with Crippen molar-refractivity contribution < 1.29 is 28.2 Å². The van der Waals surface area contributed by atoms with Crippen LogP contribution in [0.3, 0.4) is 0 Å². The molecule has 3 aromatic rings. The van der Waals surface area contributed by atoms with Crippen molar-refractivity contribution in [2.24, 2.45) is 5.10 Å². The maximum absolute atomic E-state index is 13.2. The summed E-state index contributed by atoms with van der Waals surface area (Å²) in [6, 6.07) is 18.8. The van der Waals surface area contributed by atoms with Gasteiger partial charge in [0.25, 0.3) is 5.91 Å². The maximum Gasteiger partial charge on any atom is 0.343 e. The fourth-order valence-electron chi connectivity index (χ4n) is 2.79. The molecule has 0 fully saturated rings. The van der Waals surface area contributed by atoms with E-state index in [1.807, 2.05) is 6.07 Å². The molecule has 1 atom stereocenters. The quantitative estimate of drug-likeness (QED) is 0.296. The molecular formula is C23H17FN2O5. The number of benzene rings is 3. The zero-order valence-corrected chi connectivity index (χ0v) is 16.2. The summed E-state index contributed by atoms with van der Waals surface area (Å²) in [5.74, 6) is -0.232. The molecule has 8 heteroatoms. The zero-order valence-electron chi connectivity index (χ0n) is 16.2. The van der Waals surface area contributed by atoms with E-state index in [-0.39, 0.29) is 12.2 Å². The number of hydrogen-bond donors (Lipinski definition) is 1. The first-order chi connectivity index (χ1) is 15.1. The van der Waals surface area contributed by atoms with Gasteiger partial charge in [0.2, 0.25) is 6.10 Å². The smallest absolute Gasteiger partial charge is 0.343 e. The van der Waals surface area contributed by atoms with E-state index in [9.17, 15) is 14.0 Å². The van der Waals surface area contributed by atoms with Crippen LogP contribution < -0.4 is 19.6 Å². The maximum atomic E-state index is 13.2. The van der Waals surface area contributed by atoms with Gasteiger partial charge in [-0.15, -0.1) is 0 Å². The molecular weight excluding hydrogens is 403 g/mol. The van der Waals surface area contributed by atoms with Gasteiger partial charge in [0.15, 0.2) is 11.5 Å². The van der Waals surface area contributed by atoms with E-state index in [0.717, 1.165) is 6.07 Å². The van der Waals surface area contributed by atoms with Crippen molar-refractivity contribution in [3.8, 4) is 17.2 Å². The summed E-state index contributed by atoms with van der Waals surface area (Å²) in [7, 11) is 0. The Balaban J connectivity index is 1.30. The summed E-state index contributed by atoms with van der Waals surface area (Å²) < 4.78 is 29.5. The van der Waals surface area contributed by atoms with Crippen LogP contribution in [0.2, 0.25) is 0 Å². The van der Waals surface area contributed by atoms with E-state index in [1.54, 1.807) is 42.5 Å². The van der Waals surface area contributed by atoms with Crippen LogP contribution in [0, 0.1) is 5.82 Å². The van der Waals surface area contributed by atoms with Crippen LogP contribution in [0.5, 0.6) is 17.2 Å². The molecule has 156 valence electrons. The minimum absolute atomic E-state index is 0.0870. The minimum atomic E-state index is -0.809. The van der Waals surface area contributed by atoms with E-state index in [2.05, 4.69) is 10.5 Å². The second-order valence-corrected chi connectivity index (χ2v) is 6.57. The molecule has 0 radical (unpaired) electrons. The number of nitrogens with zero attached hydrogens (tertiary/aromatic N) is 1. The first kappa shape index (κ1) is 20.1. The summed E-state index contributed by atoms with van der Waals surface area (Å²) in [5.41, 5.74) is 3.19. The molecule has 3 aromatic carbocycles. The number of amides is 1. The van der Waals surface area contributed by atoms with Gasteiger partial charge in [-0.25, -0.2) is 14.6 Å². The van der Waals surface area contributed by atoms with Gasteiger partial charge in [0.1, 0.15) is 18.2 Å². The van der Waals surface area contributed by atoms with Gasteiger partial charge in [-0.2, -0.15) is 5.10 Å². The Bertz CT molecular complexity index is 1130. The summed E-state index contributed by atoms with van der Waals surface area (Å²) in [6.07, 6.45) is 0.630. The van der Waals surface area contributed by atoms with Crippen LogP contribution in [0.25, 0.3) is 0 Å². The predicted octanol–water partition coefficient (Wildman–Crippen LogP) is 3.34. The van der Waals surface area contributed by atoms with Gasteiger partial charge >= 0.3 is 5.97 Å². The Morgan fingerprint density at radius 2 is 1.81 bits per heavy atom. The lowest BCUT2D eigenvalue weighted by molar-refractivity contribution is -0.130. The molecule has 0 saturated carbocycles. The highest BCUT2D eigenvalue weighted by atomic mass is 19.1. The molecule has 4 rings (SSSR count). The SMILES string of the molecule is O=C(Oc1ccc(/C=N\NC(=O)[C@@H]2COc3ccccc3O2)cc1)c1cccc(F)c1. The molecule has 31 heavy (non-hydrogen) atoms. The van der Waals surface area contributed by atoms with E-state index in [4.69, 9.17) is 14.2 Å². The second kappa shape index (κ2) is 9.08. The van der Waals surface area contributed by atoms with E-state index >= 15 is 0 Å². The van der Waals surface area contributed by atoms with Crippen molar-refractivity contribution in [3.05, 3.63) is 89.7 Å². The van der Waals surface area contributed by atoms with Crippen molar-refractivity contribution in [1.29, 1.82) is 0 Å². The molecule has 7 nitrogen and oxygen atoms in total. The van der Waals surface area contributed by atoms with Crippen LogP contribution in [-0.4, -0.2) is 30.8 Å². The van der Waals surface area contributed by atoms with Crippen LogP contribution in [-0.2, 0) is 4.79 Å². The number of halogens is 1. The summed E-state index contributed by atoms with van der Waals surface area (Å²) in [5, 5.41) is 3.91. The van der Waals surface area contributed by atoms with Crippen molar-refractivity contribution in [2.75, 3.05) is 6.61 Å². The molecule has 1 aliphatic rings. The summed E-state index contributed by atoms with van der Waals surface area (Å²) >= 11 is 0. The topological polar surface area (TPSA) is 86.2 Å². The van der Waals surface area contributed by atoms with Gasteiger partial charge in [-0.05, 0) is 60.2 Å². The highest BCUT2D eigenvalue weighted by Gasteiger charge is 2.26. The van der Waals surface area contributed by atoms with Crippen molar-refractivity contribution in [3.63, 3.8) is 0 Å². The lowest BCUT2D eigenvalue weighted by atomic mass is 10.2. The van der Waals surface area contributed by atoms with Gasteiger partial charge < -0.3 is 14.2 Å². The number of fused-ring (bicyclic) bond motifs is 1. The minimum Gasteiger partial charge on any atom is -0.485 e. The van der Waals surface area contributed by atoms with Crippen molar-refractivity contribution in [2.45, 2.75) is 6.10 Å². The molecule has 0 unspecified atom stereocenters.